The van der Waals surface area contributed by atoms with Gasteiger partial charge in [-0.1, -0.05) is 27.7 Å². The molecule has 1 N–H and O–H groups in total. The number of nitroso groups, excluding NO2 is 1. The molecule has 92 valence electrons. The second-order valence-electron chi connectivity index (χ2n) is 4.54. The molecular weight excluding hydrogens is 220 g/mol. The van der Waals surface area contributed by atoms with E-state index in [-0.39, 0.29) is 23.2 Å². The summed E-state index contributed by atoms with van der Waals surface area (Å²) in [5, 5.41) is 11.9. The van der Waals surface area contributed by atoms with E-state index in [1.807, 2.05) is 27.7 Å². The SMILES string of the molecule is CC(C)c1cc(C(C)C)c(C(=O)O)c(N=O)n1. The van der Waals surface area contributed by atoms with Gasteiger partial charge in [-0.3, -0.25) is 0 Å². The highest BCUT2D eigenvalue weighted by Gasteiger charge is 2.22. The van der Waals surface area contributed by atoms with E-state index in [1.54, 1.807) is 6.07 Å². The van der Waals surface area contributed by atoms with Gasteiger partial charge in [-0.25, -0.2) is 9.78 Å². The van der Waals surface area contributed by atoms with Crippen LogP contribution in [0.3, 0.4) is 0 Å². The fraction of sp³-hybridized carbons (Fsp3) is 0.500. The predicted octanol–water partition coefficient (Wildman–Crippen LogP) is 3.42. The summed E-state index contributed by atoms with van der Waals surface area (Å²) < 4.78 is 0. The lowest BCUT2D eigenvalue weighted by Crippen LogP contribution is -2.08. The lowest BCUT2D eigenvalue weighted by Gasteiger charge is -2.14. The molecule has 0 aliphatic carbocycles. The molecule has 0 unspecified atom stereocenters. The summed E-state index contributed by atoms with van der Waals surface area (Å²) in [6.45, 7) is 7.61. The molecule has 1 aromatic rings. The topological polar surface area (TPSA) is 79.6 Å². The third-order valence-electron chi connectivity index (χ3n) is 2.56. The van der Waals surface area contributed by atoms with Crippen LogP contribution in [0.4, 0.5) is 5.82 Å². The van der Waals surface area contributed by atoms with E-state index in [1.165, 1.54) is 0 Å². The van der Waals surface area contributed by atoms with Crippen LogP contribution < -0.4 is 0 Å². The van der Waals surface area contributed by atoms with Crippen LogP contribution in [-0.4, -0.2) is 16.1 Å². The number of pyridine rings is 1. The monoisotopic (exact) mass is 236 g/mol. The van der Waals surface area contributed by atoms with Crippen molar-refractivity contribution in [3.05, 3.63) is 27.8 Å². The van der Waals surface area contributed by atoms with Crippen molar-refractivity contribution in [3.8, 4) is 0 Å². The Balaban J connectivity index is 3.57. The number of carboxylic acid groups (broad SMARTS) is 1. The Morgan fingerprint density at radius 2 is 1.88 bits per heavy atom. The Morgan fingerprint density at radius 1 is 1.29 bits per heavy atom. The fourth-order valence-electron chi connectivity index (χ4n) is 1.61. The highest BCUT2D eigenvalue weighted by Crippen LogP contribution is 2.29. The Hall–Kier alpha value is -1.78. The van der Waals surface area contributed by atoms with Gasteiger partial charge in [0.25, 0.3) is 0 Å². The first-order valence-corrected chi connectivity index (χ1v) is 5.50. The van der Waals surface area contributed by atoms with Crippen LogP contribution in [0.5, 0.6) is 0 Å². The number of rotatable bonds is 4. The van der Waals surface area contributed by atoms with Crippen LogP contribution in [-0.2, 0) is 0 Å². The lowest BCUT2D eigenvalue weighted by atomic mass is 9.95. The van der Waals surface area contributed by atoms with Gasteiger partial charge in [0.1, 0.15) is 5.56 Å². The molecule has 0 amide bonds. The highest BCUT2D eigenvalue weighted by molar-refractivity contribution is 5.94. The maximum Gasteiger partial charge on any atom is 0.339 e. The van der Waals surface area contributed by atoms with Crippen molar-refractivity contribution < 1.29 is 9.90 Å². The average molecular weight is 236 g/mol. The van der Waals surface area contributed by atoms with Gasteiger partial charge in [0.05, 0.1) is 0 Å². The smallest absolute Gasteiger partial charge is 0.339 e. The molecule has 1 rings (SSSR count). The molecule has 5 nitrogen and oxygen atoms in total. The Morgan fingerprint density at radius 3 is 2.24 bits per heavy atom. The van der Waals surface area contributed by atoms with E-state index >= 15 is 0 Å². The van der Waals surface area contributed by atoms with Crippen molar-refractivity contribution in [3.63, 3.8) is 0 Å². The third kappa shape index (κ3) is 2.67. The lowest BCUT2D eigenvalue weighted by molar-refractivity contribution is 0.0695. The van der Waals surface area contributed by atoms with E-state index in [9.17, 15) is 9.70 Å². The molecule has 0 fully saturated rings. The van der Waals surface area contributed by atoms with Crippen molar-refractivity contribution in [1.82, 2.24) is 4.98 Å². The van der Waals surface area contributed by atoms with E-state index in [2.05, 4.69) is 10.2 Å². The van der Waals surface area contributed by atoms with Crippen molar-refractivity contribution in [2.24, 2.45) is 5.18 Å². The Kier molecular flexibility index (Phi) is 3.93. The second kappa shape index (κ2) is 5.03. The molecular formula is C12H16N2O3. The van der Waals surface area contributed by atoms with Gasteiger partial charge in [0.2, 0.25) is 5.82 Å². The third-order valence-corrected chi connectivity index (χ3v) is 2.56. The molecule has 0 saturated heterocycles. The molecule has 0 spiro atoms. The van der Waals surface area contributed by atoms with Crippen LogP contribution >= 0.6 is 0 Å². The van der Waals surface area contributed by atoms with Crippen LogP contribution in [0.25, 0.3) is 0 Å². The van der Waals surface area contributed by atoms with E-state index in [0.717, 1.165) is 0 Å². The van der Waals surface area contributed by atoms with Crippen molar-refractivity contribution in [2.75, 3.05) is 0 Å². The minimum absolute atomic E-state index is 0.00194. The summed E-state index contributed by atoms with van der Waals surface area (Å²) in [6, 6.07) is 1.74. The van der Waals surface area contributed by atoms with Crippen LogP contribution in [0, 0.1) is 4.91 Å². The first-order chi connectivity index (χ1) is 7.88. The van der Waals surface area contributed by atoms with E-state index < -0.39 is 5.97 Å². The van der Waals surface area contributed by atoms with Crippen molar-refractivity contribution in [1.29, 1.82) is 0 Å². The van der Waals surface area contributed by atoms with Crippen LogP contribution in [0.1, 0.15) is 61.1 Å². The standard InChI is InChI=1S/C12H16N2O3/c1-6(2)8-5-9(7(3)4)13-11(14-17)10(8)12(15)16/h5-7H,1-4H3,(H,15,16). The summed E-state index contributed by atoms with van der Waals surface area (Å²) in [6.07, 6.45) is 0. The Labute approximate surface area is 99.9 Å². The first kappa shape index (κ1) is 13.3. The van der Waals surface area contributed by atoms with Gasteiger partial charge in [-0.05, 0) is 28.6 Å². The van der Waals surface area contributed by atoms with Crippen LogP contribution in [0.2, 0.25) is 0 Å². The van der Waals surface area contributed by atoms with Gasteiger partial charge in [0.15, 0.2) is 0 Å². The molecule has 17 heavy (non-hydrogen) atoms. The Bertz CT molecular complexity index is 453. The molecule has 1 aromatic heterocycles. The minimum atomic E-state index is -1.16. The number of nitrogens with zero attached hydrogens (tertiary/aromatic N) is 2. The summed E-state index contributed by atoms with van der Waals surface area (Å²) in [5.74, 6) is -1.27. The van der Waals surface area contributed by atoms with Gasteiger partial charge in [-0.15, -0.1) is 4.91 Å². The van der Waals surface area contributed by atoms with Crippen molar-refractivity contribution >= 4 is 11.8 Å². The number of aromatic nitrogens is 1. The number of carbonyl (C=O) groups is 1. The zero-order valence-corrected chi connectivity index (χ0v) is 10.4. The highest BCUT2D eigenvalue weighted by atomic mass is 16.4. The van der Waals surface area contributed by atoms with Gasteiger partial charge in [-0.2, -0.15) is 0 Å². The normalized spacial score (nSPS) is 10.9. The summed E-state index contributed by atoms with van der Waals surface area (Å²) in [4.78, 5) is 25.8. The number of aromatic carboxylic acids is 1. The molecule has 5 heteroatoms. The molecule has 0 saturated carbocycles. The predicted molar refractivity (Wildman–Crippen MR) is 64.8 cm³/mol. The molecule has 0 aliphatic rings. The zero-order valence-electron chi connectivity index (χ0n) is 10.4. The summed E-state index contributed by atoms with van der Waals surface area (Å²) in [5.41, 5.74) is 1.21. The van der Waals surface area contributed by atoms with E-state index in [4.69, 9.17) is 5.11 Å². The summed E-state index contributed by atoms with van der Waals surface area (Å²) >= 11 is 0. The molecule has 0 bridgehead atoms. The maximum absolute atomic E-state index is 11.1. The fourth-order valence-corrected chi connectivity index (χ4v) is 1.61. The van der Waals surface area contributed by atoms with Crippen LogP contribution in [0.15, 0.2) is 11.2 Å². The maximum atomic E-state index is 11.1. The van der Waals surface area contributed by atoms with Gasteiger partial charge in [0, 0.05) is 5.69 Å². The molecule has 1 heterocycles. The van der Waals surface area contributed by atoms with Gasteiger partial charge < -0.3 is 5.11 Å². The molecule has 0 radical (unpaired) electrons. The van der Waals surface area contributed by atoms with Crippen molar-refractivity contribution in [2.45, 2.75) is 39.5 Å². The van der Waals surface area contributed by atoms with Gasteiger partial charge >= 0.3 is 5.97 Å². The molecule has 0 atom stereocenters. The zero-order chi connectivity index (χ0) is 13.2. The largest absolute Gasteiger partial charge is 0.478 e. The second-order valence-corrected chi connectivity index (χ2v) is 4.54. The summed E-state index contributed by atoms with van der Waals surface area (Å²) in [7, 11) is 0. The minimum Gasteiger partial charge on any atom is -0.478 e. The quantitative estimate of drug-likeness (QED) is 0.812. The average Bonchev–Trinajstić information content (AvgIpc) is 2.26. The number of carboxylic acids is 1. The molecule has 0 aliphatic heterocycles. The molecule has 0 aromatic carbocycles. The number of hydrogen-bond acceptors (Lipinski definition) is 4. The van der Waals surface area contributed by atoms with E-state index in [0.29, 0.717) is 11.3 Å². The number of hydrogen-bond donors (Lipinski definition) is 1. The first-order valence-electron chi connectivity index (χ1n) is 5.50.